The zero-order valence-corrected chi connectivity index (χ0v) is 12.9. The van der Waals surface area contributed by atoms with Gasteiger partial charge in [-0.15, -0.1) is 0 Å². The van der Waals surface area contributed by atoms with Crippen molar-refractivity contribution >= 4 is 17.8 Å². The van der Waals surface area contributed by atoms with Crippen molar-refractivity contribution in [2.75, 3.05) is 6.61 Å². The number of carboxylic acid groups (broad SMARTS) is 1. The molecule has 0 unspecified atom stereocenters. The van der Waals surface area contributed by atoms with Crippen LogP contribution >= 0.6 is 0 Å². The highest BCUT2D eigenvalue weighted by molar-refractivity contribution is 5.85. The fraction of sp³-hybridized carbons (Fsp3) is 0.312. The molecule has 0 aliphatic heterocycles. The lowest BCUT2D eigenvalue weighted by Gasteiger charge is -2.12. The van der Waals surface area contributed by atoms with E-state index in [2.05, 4.69) is 10.1 Å². The van der Waals surface area contributed by atoms with Crippen LogP contribution in [-0.2, 0) is 25.5 Å². The maximum atomic E-state index is 13.1. The number of hydrogen-bond donors (Lipinski definition) is 2. The van der Waals surface area contributed by atoms with Crippen LogP contribution in [0.3, 0.4) is 0 Å². The summed E-state index contributed by atoms with van der Waals surface area (Å²) in [7, 11) is 0. The van der Waals surface area contributed by atoms with Crippen LogP contribution in [0.5, 0.6) is 0 Å². The highest BCUT2D eigenvalue weighted by Gasteiger charge is 2.19. The Labute approximate surface area is 137 Å². The summed E-state index contributed by atoms with van der Waals surface area (Å²) in [5.74, 6) is -4.29. The van der Waals surface area contributed by atoms with Gasteiger partial charge >= 0.3 is 11.9 Å². The first-order valence-corrected chi connectivity index (χ1v) is 7.12. The molecule has 130 valence electrons. The molecule has 0 aliphatic carbocycles. The summed E-state index contributed by atoms with van der Waals surface area (Å²) in [6, 6.07) is 1.36. The normalized spacial score (nSPS) is 12.0. The number of hydrogen-bond acceptors (Lipinski definition) is 4. The Hall–Kier alpha value is -2.77. The average Bonchev–Trinajstić information content (AvgIpc) is 2.45. The molecule has 0 spiro atoms. The third kappa shape index (κ3) is 6.99. The molecule has 0 saturated carbocycles. The maximum absolute atomic E-state index is 13.1. The summed E-state index contributed by atoms with van der Waals surface area (Å²) in [6.07, 6.45) is 1.81. The third-order valence-corrected chi connectivity index (χ3v) is 2.83. The molecule has 1 aromatic rings. The highest BCUT2D eigenvalue weighted by atomic mass is 19.1. The Kier molecular flexibility index (Phi) is 7.54. The van der Waals surface area contributed by atoms with E-state index in [9.17, 15) is 23.2 Å². The number of carbonyl (C=O) groups excluding carboxylic acids is 2. The minimum absolute atomic E-state index is 0.0798. The first-order valence-electron chi connectivity index (χ1n) is 7.12. The molecule has 0 aliphatic rings. The van der Waals surface area contributed by atoms with E-state index in [1.165, 1.54) is 6.08 Å². The van der Waals surface area contributed by atoms with E-state index in [1.54, 1.807) is 6.92 Å². The van der Waals surface area contributed by atoms with Gasteiger partial charge in [0.15, 0.2) is 0 Å². The van der Waals surface area contributed by atoms with Crippen LogP contribution in [0.2, 0.25) is 0 Å². The highest BCUT2D eigenvalue weighted by Crippen LogP contribution is 2.09. The van der Waals surface area contributed by atoms with Gasteiger partial charge in [0, 0.05) is 12.1 Å². The van der Waals surface area contributed by atoms with Crippen LogP contribution in [0.25, 0.3) is 0 Å². The van der Waals surface area contributed by atoms with E-state index < -0.39 is 35.5 Å². The Bertz CT molecular complexity index is 625. The molecule has 1 amide bonds. The molecule has 0 fully saturated rings. The Balaban J connectivity index is 2.62. The quantitative estimate of drug-likeness (QED) is 0.553. The van der Waals surface area contributed by atoms with Gasteiger partial charge in [-0.1, -0.05) is 6.08 Å². The van der Waals surface area contributed by atoms with Crippen molar-refractivity contribution in [1.82, 2.24) is 5.32 Å². The van der Waals surface area contributed by atoms with E-state index in [0.29, 0.717) is 6.07 Å². The summed E-state index contributed by atoms with van der Waals surface area (Å²) >= 11 is 0. The van der Waals surface area contributed by atoms with Crippen molar-refractivity contribution in [3.05, 3.63) is 47.5 Å². The lowest BCUT2D eigenvalue weighted by Crippen LogP contribution is -2.41. The predicted octanol–water partition coefficient (Wildman–Crippen LogP) is 1.59. The molecular weight excluding hydrogens is 324 g/mol. The molecule has 24 heavy (non-hydrogen) atoms. The summed E-state index contributed by atoms with van der Waals surface area (Å²) in [6.45, 7) is 1.81. The number of aliphatic carboxylic acids is 1. The maximum Gasteiger partial charge on any atom is 0.330 e. The molecular formula is C16H17F2NO5. The minimum Gasteiger partial charge on any atom is -0.480 e. The number of ether oxygens (including phenoxy) is 1. The van der Waals surface area contributed by atoms with Crippen molar-refractivity contribution in [1.29, 1.82) is 0 Å². The second kappa shape index (κ2) is 9.39. The molecule has 0 heterocycles. The van der Waals surface area contributed by atoms with E-state index in [4.69, 9.17) is 5.11 Å². The van der Waals surface area contributed by atoms with Crippen LogP contribution in [0, 0.1) is 11.6 Å². The number of carbonyl (C=O) groups is 3. The zero-order chi connectivity index (χ0) is 18.1. The van der Waals surface area contributed by atoms with Crippen molar-refractivity contribution in [2.45, 2.75) is 25.8 Å². The summed E-state index contributed by atoms with van der Waals surface area (Å²) in [4.78, 5) is 34.0. The fourth-order valence-electron chi connectivity index (χ4n) is 1.86. The van der Waals surface area contributed by atoms with Gasteiger partial charge in [-0.2, -0.15) is 0 Å². The summed E-state index contributed by atoms with van der Waals surface area (Å²) in [5.41, 5.74) is 0.0798. The van der Waals surface area contributed by atoms with Crippen molar-refractivity contribution in [2.24, 2.45) is 0 Å². The number of nitrogens with one attached hydrogen (secondary N) is 1. The van der Waals surface area contributed by atoms with Gasteiger partial charge in [0.25, 0.3) is 0 Å². The topological polar surface area (TPSA) is 92.7 Å². The summed E-state index contributed by atoms with van der Waals surface area (Å²) < 4.78 is 30.7. The second-order valence-electron chi connectivity index (χ2n) is 4.80. The van der Waals surface area contributed by atoms with Crippen LogP contribution in [-0.4, -0.2) is 35.6 Å². The Morgan fingerprint density at radius 1 is 1.25 bits per heavy atom. The largest absolute Gasteiger partial charge is 0.480 e. The van der Waals surface area contributed by atoms with Gasteiger partial charge in [0.1, 0.15) is 17.7 Å². The molecule has 1 rings (SSSR count). The molecule has 0 bridgehead atoms. The number of benzene rings is 1. The molecule has 8 heteroatoms. The molecule has 0 radical (unpaired) electrons. The molecule has 2 N–H and O–H groups in total. The number of rotatable bonds is 8. The zero-order valence-electron chi connectivity index (χ0n) is 12.9. The van der Waals surface area contributed by atoms with Crippen LogP contribution in [0.1, 0.15) is 18.9 Å². The van der Waals surface area contributed by atoms with Crippen LogP contribution < -0.4 is 5.32 Å². The van der Waals surface area contributed by atoms with Gasteiger partial charge < -0.3 is 15.2 Å². The standard InChI is InChI=1S/C16H17F2NO5/c1-2-24-15(21)5-3-4-13(16(22)23)19-14(20)8-10-6-11(17)9-12(18)7-10/h3,5-7,9,13H,2,4,8H2,1H3,(H,19,20)(H,22,23)/b5-3+/t13-/m1/s1. The third-order valence-electron chi connectivity index (χ3n) is 2.83. The van der Waals surface area contributed by atoms with Crippen molar-refractivity contribution in [3.63, 3.8) is 0 Å². The van der Waals surface area contributed by atoms with Crippen LogP contribution in [0.4, 0.5) is 8.78 Å². The number of carboxylic acids is 1. The van der Waals surface area contributed by atoms with Gasteiger partial charge in [-0.3, -0.25) is 4.79 Å². The number of halogens is 2. The van der Waals surface area contributed by atoms with Crippen LogP contribution in [0.15, 0.2) is 30.4 Å². The molecule has 6 nitrogen and oxygen atoms in total. The lowest BCUT2D eigenvalue weighted by molar-refractivity contribution is -0.141. The van der Waals surface area contributed by atoms with Gasteiger partial charge in [0.2, 0.25) is 5.91 Å². The first-order chi connectivity index (χ1) is 11.3. The number of amides is 1. The monoisotopic (exact) mass is 341 g/mol. The van der Waals surface area contributed by atoms with Gasteiger partial charge in [0.05, 0.1) is 13.0 Å². The fourth-order valence-corrected chi connectivity index (χ4v) is 1.86. The van der Waals surface area contributed by atoms with E-state index in [1.807, 2.05) is 0 Å². The molecule has 0 saturated heterocycles. The van der Waals surface area contributed by atoms with E-state index >= 15 is 0 Å². The molecule has 0 aromatic heterocycles. The lowest BCUT2D eigenvalue weighted by atomic mass is 10.1. The second-order valence-corrected chi connectivity index (χ2v) is 4.80. The average molecular weight is 341 g/mol. The minimum atomic E-state index is -1.30. The van der Waals surface area contributed by atoms with Gasteiger partial charge in [-0.25, -0.2) is 18.4 Å². The van der Waals surface area contributed by atoms with E-state index in [0.717, 1.165) is 18.2 Å². The van der Waals surface area contributed by atoms with E-state index in [-0.39, 0.29) is 25.0 Å². The molecule has 1 atom stereocenters. The predicted molar refractivity (Wildman–Crippen MR) is 80.0 cm³/mol. The smallest absolute Gasteiger partial charge is 0.330 e. The first kappa shape index (κ1) is 19.3. The Morgan fingerprint density at radius 3 is 2.42 bits per heavy atom. The van der Waals surface area contributed by atoms with Crippen molar-refractivity contribution < 1.29 is 33.0 Å². The number of esters is 1. The van der Waals surface area contributed by atoms with Gasteiger partial charge in [-0.05, 0) is 31.0 Å². The summed E-state index contributed by atoms with van der Waals surface area (Å²) in [5, 5.41) is 11.3. The molecule has 1 aromatic carbocycles. The van der Waals surface area contributed by atoms with Crippen molar-refractivity contribution in [3.8, 4) is 0 Å². The Morgan fingerprint density at radius 2 is 1.88 bits per heavy atom. The SMILES string of the molecule is CCOC(=O)/C=C/C[C@@H](NC(=O)Cc1cc(F)cc(F)c1)C(=O)O.